The lowest BCUT2D eigenvalue weighted by molar-refractivity contribution is 0.348. The summed E-state index contributed by atoms with van der Waals surface area (Å²) in [5.41, 5.74) is 0. The van der Waals surface area contributed by atoms with Gasteiger partial charge in [-0.3, -0.25) is 0 Å². The largest absolute Gasteiger partial charge is 0.349 e. The van der Waals surface area contributed by atoms with E-state index in [1.54, 1.807) is 11.3 Å². The predicted molar refractivity (Wildman–Crippen MR) is 89.2 cm³/mol. The fourth-order valence-electron chi connectivity index (χ4n) is 2.91. The van der Waals surface area contributed by atoms with Gasteiger partial charge < -0.3 is 14.8 Å². The molecule has 1 aliphatic rings. The molecule has 0 saturated carbocycles. The van der Waals surface area contributed by atoms with Crippen molar-refractivity contribution in [2.75, 3.05) is 24.5 Å². The van der Waals surface area contributed by atoms with E-state index in [1.165, 1.54) is 11.3 Å². The van der Waals surface area contributed by atoms with E-state index in [0.29, 0.717) is 5.92 Å². The summed E-state index contributed by atoms with van der Waals surface area (Å²) in [6.45, 7) is 9.35. The lowest BCUT2D eigenvalue weighted by Gasteiger charge is -2.23. The minimum absolute atomic E-state index is 0.665. The minimum Gasteiger partial charge on any atom is -0.349 e. The Morgan fingerprint density at radius 2 is 2.27 bits per heavy atom. The fraction of sp³-hybridized carbons (Fsp3) is 0.667. The van der Waals surface area contributed by atoms with Crippen molar-refractivity contribution in [2.24, 2.45) is 5.92 Å². The van der Waals surface area contributed by atoms with Crippen molar-refractivity contribution in [1.29, 1.82) is 0 Å². The molecule has 1 aliphatic heterocycles. The smallest absolute Gasteiger partial charge is 0.185 e. The van der Waals surface area contributed by atoms with E-state index in [4.69, 9.17) is 0 Å². The van der Waals surface area contributed by atoms with Crippen molar-refractivity contribution >= 4 is 16.5 Å². The zero-order valence-corrected chi connectivity index (χ0v) is 14.1. The van der Waals surface area contributed by atoms with Crippen LogP contribution in [0.3, 0.4) is 0 Å². The van der Waals surface area contributed by atoms with Crippen LogP contribution in [0.2, 0.25) is 0 Å². The first-order valence-electron chi connectivity index (χ1n) is 8.07. The Kier molecular flexibility index (Phi) is 5.04. The van der Waals surface area contributed by atoms with Crippen LogP contribution in [0, 0.1) is 5.92 Å². The molecule has 6 nitrogen and oxygen atoms in total. The van der Waals surface area contributed by atoms with Gasteiger partial charge in [-0.15, -0.1) is 21.5 Å². The first-order chi connectivity index (χ1) is 10.8. The van der Waals surface area contributed by atoms with Crippen LogP contribution in [0.4, 0.5) is 5.13 Å². The SMILES string of the molecule is CCN(CC)c1ncc(CNC[C@H]2CCc3nncn3C2)s1. The van der Waals surface area contributed by atoms with E-state index in [0.717, 1.165) is 50.1 Å². The molecule has 2 aromatic heterocycles. The highest BCUT2D eigenvalue weighted by atomic mass is 32.1. The summed E-state index contributed by atoms with van der Waals surface area (Å²) in [5.74, 6) is 1.79. The number of nitrogens with zero attached hydrogens (tertiary/aromatic N) is 5. The summed E-state index contributed by atoms with van der Waals surface area (Å²) in [5, 5.41) is 12.8. The van der Waals surface area contributed by atoms with E-state index in [2.05, 4.69) is 43.8 Å². The maximum absolute atomic E-state index is 4.53. The first kappa shape index (κ1) is 15.4. The molecule has 0 saturated heterocycles. The highest BCUT2D eigenvalue weighted by molar-refractivity contribution is 7.15. The molecular formula is C15H24N6S. The second-order valence-corrected chi connectivity index (χ2v) is 6.81. The number of fused-ring (bicyclic) bond motifs is 1. The Morgan fingerprint density at radius 3 is 3.09 bits per heavy atom. The summed E-state index contributed by atoms with van der Waals surface area (Å²) in [6.07, 6.45) is 6.09. The van der Waals surface area contributed by atoms with Crippen LogP contribution in [0.1, 0.15) is 31.0 Å². The van der Waals surface area contributed by atoms with E-state index >= 15 is 0 Å². The van der Waals surface area contributed by atoms with Gasteiger partial charge in [-0.2, -0.15) is 0 Å². The zero-order chi connectivity index (χ0) is 15.4. The van der Waals surface area contributed by atoms with Crippen molar-refractivity contribution in [3.63, 3.8) is 0 Å². The van der Waals surface area contributed by atoms with Crippen molar-refractivity contribution in [3.05, 3.63) is 23.2 Å². The Balaban J connectivity index is 1.46. The lowest BCUT2D eigenvalue weighted by atomic mass is 9.99. The lowest BCUT2D eigenvalue weighted by Crippen LogP contribution is -2.29. The average molecular weight is 320 g/mol. The molecule has 3 rings (SSSR count). The number of hydrogen-bond acceptors (Lipinski definition) is 6. The number of nitrogens with one attached hydrogen (secondary N) is 1. The fourth-order valence-corrected chi connectivity index (χ4v) is 3.92. The van der Waals surface area contributed by atoms with Crippen LogP contribution < -0.4 is 10.2 Å². The quantitative estimate of drug-likeness (QED) is 0.845. The molecule has 22 heavy (non-hydrogen) atoms. The summed E-state index contributed by atoms with van der Waals surface area (Å²) >= 11 is 1.79. The van der Waals surface area contributed by atoms with E-state index in [-0.39, 0.29) is 0 Å². The summed E-state index contributed by atoms with van der Waals surface area (Å²) < 4.78 is 2.18. The summed E-state index contributed by atoms with van der Waals surface area (Å²) in [6, 6.07) is 0. The van der Waals surface area contributed by atoms with Crippen molar-refractivity contribution < 1.29 is 0 Å². The molecule has 0 fully saturated rings. The number of hydrogen-bond donors (Lipinski definition) is 1. The standard InChI is InChI=1S/C15H24N6S/c1-3-20(4-2)15-17-9-13(22-15)8-16-7-12-5-6-14-19-18-11-21(14)10-12/h9,11-12,16H,3-8,10H2,1-2H3/t12-/m1/s1. The van der Waals surface area contributed by atoms with Gasteiger partial charge in [0.25, 0.3) is 0 Å². The predicted octanol–water partition coefficient (Wildman–Crippen LogP) is 1.93. The van der Waals surface area contributed by atoms with Crippen molar-refractivity contribution in [1.82, 2.24) is 25.1 Å². The maximum atomic E-state index is 4.53. The molecule has 1 atom stereocenters. The Morgan fingerprint density at radius 1 is 1.41 bits per heavy atom. The van der Waals surface area contributed by atoms with Crippen LogP contribution in [-0.4, -0.2) is 39.4 Å². The van der Waals surface area contributed by atoms with Gasteiger partial charge in [0.1, 0.15) is 12.2 Å². The molecule has 0 spiro atoms. The number of thiazole rings is 1. The van der Waals surface area contributed by atoms with Gasteiger partial charge in [-0.25, -0.2) is 4.98 Å². The van der Waals surface area contributed by atoms with Gasteiger partial charge in [-0.1, -0.05) is 0 Å². The number of aryl methyl sites for hydroxylation is 1. The Hall–Kier alpha value is -1.47. The van der Waals surface area contributed by atoms with Crippen LogP contribution in [-0.2, 0) is 19.5 Å². The molecule has 2 aromatic rings. The molecule has 0 aromatic carbocycles. The molecule has 0 radical (unpaired) electrons. The normalized spacial score (nSPS) is 17.5. The summed E-state index contributed by atoms with van der Waals surface area (Å²) in [7, 11) is 0. The molecule has 0 bridgehead atoms. The maximum Gasteiger partial charge on any atom is 0.185 e. The monoisotopic (exact) mass is 320 g/mol. The van der Waals surface area contributed by atoms with Crippen LogP contribution in [0.5, 0.6) is 0 Å². The third kappa shape index (κ3) is 3.47. The first-order valence-corrected chi connectivity index (χ1v) is 8.88. The molecule has 0 unspecified atom stereocenters. The molecular weight excluding hydrogens is 296 g/mol. The molecule has 3 heterocycles. The van der Waals surface area contributed by atoms with Gasteiger partial charge in [0, 0.05) is 50.2 Å². The highest BCUT2D eigenvalue weighted by Gasteiger charge is 2.19. The third-order valence-corrected chi connectivity index (χ3v) is 5.29. The topological polar surface area (TPSA) is 58.9 Å². The zero-order valence-electron chi connectivity index (χ0n) is 13.3. The van der Waals surface area contributed by atoms with Gasteiger partial charge in [0.05, 0.1) is 0 Å². The average Bonchev–Trinajstić information content (AvgIpc) is 3.17. The number of rotatable bonds is 7. The second kappa shape index (κ2) is 7.19. The second-order valence-electron chi connectivity index (χ2n) is 5.72. The van der Waals surface area contributed by atoms with Crippen molar-refractivity contribution in [3.8, 4) is 0 Å². The van der Waals surface area contributed by atoms with Crippen LogP contribution >= 0.6 is 11.3 Å². The third-order valence-electron chi connectivity index (χ3n) is 4.23. The van der Waals surface area contributed by atoms with Gasteiger partial charge >= 0.3 is 0 Å². The van der Waals surface area contributed by atoms with Crippen molar-refractivity contribution in [2.45, 2.75) is 39.8 Å². The van der Waals surface area contributed by atoms with Gasteiger partial charge in [0.2, 0.25) is 0 Å². The highest BCUT2D eigenvalue weighted by Crippen LogP contribution is 2.22. The molecule has 0 amide bonds. The number of anilines is 1. The molecule has 1 N–H and O–H groups in total. The summed E-state index contributed by atoms with van der Waals surface area (Å²) in [4.78, 5) is 8.13. The van der Waals surface area contributed by atoms with Gasteiger partial charge in [-0.05, 0) is 26.2 Å². The Labute approximate surface area is 135 Å². The minimum atomic E-state index is 0.665. The van der Waals surface area contributed by atoms with Crippen LogP contribution in [0.15, 0.2) is 12.5 Å². The molecule has 7 heteroatoms. The van der Waals surface area contributed by atoms with E-state index in [1.807, 2.05) is 12.5 Å². The van der Waals surface area contributed by atoms with E-state index in [9.17, 15) is 0 Å². The molecule has 0 aliphatic carbocycles. The Bertz CT molecular complexity index is 588. The number of aromatic nitrogens is 4. The van der Waals surface area contributed by atoms with E-state index < -0.39 is 0 Å². The van der Waals surface area contributed by atoms with Gasteiger partial charge in [0.15, 0.2) is 5.13 Å². The van der Waals surface area contributed by atoms with Crippen LogP contribution in [0.25, 0.3) is 0 Å². The molecule has 120 valence electrons.